The van der Waals surface area contributed by atoms with E-state index in [0.717, 1.165) is 24.2 Å². The van der Waals surface area contributed by atoms with E-state index in [9.17, 15) is 4.79 Å². The van der Waals surface area contributed by atoms with Crippen molar-refractivity contribution in [3.63, 3.8) is 0 Å². The lowest BCUT2D eigenvalue weighted by Crippen LogP contribution is -2.40. The average molecular weight is 413 g/mol. The number of likely N-dealkylation sites (tertiary alicyclic amines) is 1. The quantitative estimate of drug-likeness (QED) is 0.480. The zero-order valence-electron chi connectivity index (χ0n) is 17.1. The molecular formula is C24H23N5O2. The molecule has 0 radical (unpaired) electrons. The summed E-state index contributed by atoms with van der Waals surface area (Å²) in [6, 6.07) is 16.9. The lowest BCUT2D eigenvalue weighted by atomic mass is 10.1. The zero-order valence-corrected chi connectivity index (χ0v) is 17.1. The molecule has 0 aliphatic carbocycles. The topological polar surface area (TPSA) is 77.7 Å². The first kappa shape index (κ1) is 20.2. The van der Waals surface area contributed by atoms with Gasteiger partial charge in [-0.15, -0.1) is 0 Å². The lowest BCUT2D eigenvalue weighted by molar-refractivity contribution is -0.127. The Hall–Kier alpha value is -4.05. The summed E-state index contributed by atoms with van der Waals surface area (Å²) in [6.07, 6.45) is 3.01. The Kier molecular flexibility index (Phi) is 5.72. The van der Waals surface area contributed by atoms with Crippen LogP contribution in [0.1, 0.15) is 18.9 Å². The van der Waals surface area contributed by atoms with Crippen LogP contribution in [-0.4, -0.2) is 33.7 Å². The zero-order chi connectivity index (χ0) is 21.8. The van der Waals surface area contributed by atoms with E-state index < -0.39 is 0 Å². The van der Waals surface area contributed by atoms with Crippen LogP contribution in [-0.2, 0) is 4.79 Å². The summed E-state index contributed by atoms with van der Waals surface area (Å²) in [4.78, 5) is 17.4. The van der Waals surface area contributed by atoms with Gasteiger partial charge in [-0.3, -0.25) is 9.48 Å². The van der Waals surface area contributed by atoms with Crippen LogP contribution >= 0.6 is 0 Å². The number of nitrogen functional groups attached to an aromatic ring is 1. The number of benzene rings is 2. The van der Waals surface area contributed by atoms with E-state index in [-0.39, 0.29) is 11.9 Å². The highest BCUT2D eigenvalue weighted by Gasteiger charge is 2.28. The molecule has 156 valence electrons. The fourth-order valence-corrected chi connectivity index (χ4v) is 3.81. The molecular weight excluding hydrogens is 390 g/mol. The number of anilines is 1. The molecule has 0 spiro atoms. The van der Waals surface area contributed by atoms with Gasteiger partial charge in [0.05, 0.1) is 12.6 Å². The van der Waals surface area contributed by atoms with Gasteiger partial charge in [0.1, 0.15) is 23.0 Å². The maximum Gasteiger partial charge on any atom is 0.254 e. The van der Waals surface area contributed by atoms with Gasteiger partial charge in [0, 0.05) is 13.1 Å². The Morgan fingerprint density at radius 3 is 2.58 bits per heavy atom. The number of nitrogens with zero attached hydrogens (tertiary/aromatic N) is 4. The van der Waals surface area contributed by atoms with Crippen LogP contribution in [0.15, 0.2) is 67.3 Å². The maximum atomic E-state index is 12.0. The maximum absolute atomic E-state index is 12.0. The number of hydrogen-bond donors (Lipinski definition) is 1. The second-order valence-corrected chi connectivity index (χ2v) is 7.36. The minimum Gasteiger partial charge on any atom is -0.457 e. The van der Waals surface area contributed by atoms with E-state index in [1.54, 1.807) is 9.58 Å². The molecule has 1 fully saturated rings. The number of nitrogens with two attached hydrogens (primary N) is 1. The van der Waals surface area contributed by atoms with E-state index in [1.165, 1.54) is 6.08 Å². The third-order valence-corrected chi connectivity index (χ3v) is 5.37. The van der Waals surface area contributed by atoms with Gasteiger partial charge < -0.3 is 15.4 Å². The number of ether oxygens (including phenoxy) is 1. The molecule has 1 aliphatic heterocycles. The minimum atomic E-state index is -0.102. The van der Waals surface area contributed by atoms with Crippen molar-refractivity contribution in [1.82, 2.24) is 14.7 Å². The first-order valence-electron chi connectivity index (χ1n) is 10.1. The van der Waals surface area contributed by atoms with Crippen LogP contribution in [0.2, 0.25) is 0 Å². The third kappa shape index (κ3) is 4.14. The summed E-state index contributed by atoms with van der Waals surface area (Å²) in [5, 5.41) is 4.68. The lowest BCUT2D eigenvalue weighted by Gasteiger charge is -2.32. The van der Waals surface area contributed by atoms with Gasteiger partial charge in [-0.1, -0.05) is 36.9 Å². The van der Waals surface area contributed by atoms with Crippen molar-refractivity contribution in [3.05, 3.63) is 78.7 Å². The van der Waals surface area contributed by atoms with Gasteiger partial charge in [0.2, 0.25) is 5.91 Å². The van der Waals surface area contributed by atoms with Crippen LogP contribution in [0, 0.1) is 6.57 Å². The minimum absolute atomic E-state index is 0.0763. The Labute approximate surface area is 181 Å². The van der Waals surface area contributed by atoms with Crippen molar-refractivity contribution in [2.24, 2.45) is 0 Å². The summed E-state index contributed by atoms with van der Waals surface area (Å²) >= 11 is 0. The number of para-hydroxylation sites is 1. The number of rotatable bonds is 5. The highest BCUT2D eigenvalue weighted by atomic mass is 16.5. The fourth-order valence-electron chi connectivity index (χ4n) is 3.81. The molecule has 4 rings (SSSR count). The Balaban J connectivity index is 1.60. The van der Waals surface area contributed by atoms with E-state index >= 15 is 0 Å². The van der Waals surface area contributed by atoms with E-state index in [1.807, 2.05) is 54.6 Å². The summed E-state index contributed by atoms with van der Waals surface area (Å²) < 4.78 is 7.53. The second kappa shape index (κ2) is 8.76. The van der Waals surface area contributed by atoms with Crippen molar-refractivity contribution in [3.8, 4) is 22.8 Å². The van der Waals surface area contributed by atoms with Crippen molar-refractivity contribution in [1.29, 1.82) is 0 Å². The first-order chi connectivity index (χ1) is 15.1. The molecule has 1 aromatic heterocycles. The predicted octanol–water partition coefficient (Wildman–Crippen LogP) is 4.82. The molecule has 2 aromatic carbocycles. The van der Waals surface area contributed by atoms with Crippen molar-refractivity contribution >= 4 is 17.4 Å². The Bertz CT molecular complexity index is 1130. The van der Waals surface area contributed by atoms with Gasteiger partial charge in [-0.25, -0.2) is 4.85 Å². The molecule has 3 aromatic rings. The molecule has 7 heteroatoms. The van der Waals surface area contributed by atoms with E-state index in [2.05, 4.69) is 16.5 Å². The van der Waals surface area contributed by atoms with Crippen LogP contribution in [0.25, 0.3) is 16.1 Å². The van der Waals surface area contributed by atoms with Crippen molar-refractivity contribution in [2.75, 3.05) is 18.8 Å². The molecule has 0 bridgehead atoms. The molecule has 1 amide bonds. The standard InChI is InChI=1S/C24H23N5O2/c1-3-21(30)28-15-7-8-18(16-28)29-24(25)23(26-2)22(27-29)17-11-13-20(14-12-17)31-19-9-5-4-6-10-19/h3-6,9-14,18H,1,7-8,15-16,25H2/t18-/m1/s1. The second-order valence-electron chi connectivity index (χ2n) is 7.36. The highest BCUT2D eigenvalue weighted by Crippen LogP contribution is 2.38. The Morgan fingerprint density at radius 1 is 1.19 bits per heavy atom. The number of carbonyl (C=O) groups excluding carboxylic acids is 1. The van der Waals surface area contributed by atoms with Crippen LogP contribution in [0.5, 0.6) is 11.5 Å². The predicted molar refractivity (Wildman–Crippen MR) is 120 cm³/mol. The first-order valence-corrected chi connectivity index (χ1v) is 10.1. The van der Waals surface area contributed by atoms with Gasteiger partial charge in [0.25, 0.3) is 5.69 Å². The molecule has 31 heavy (non-hydrogen) atoms. The van der Waals surface area contributed by atoms with Crippen molar-refractivity contribution < 1.29 is 9.53 Å². The SMILES string of the molecule is [C-]#[N+]c1c(-c2ccc(Oc3ccccc3)cc2)nn([C@@H]2CCCN(C(=O)C=C)C2)c1N. The smallest absolute Gasteiger partial charge is 0.254 e. The monoisotopic (exact) mass is 413 g/mol. The third-order valence-electron chi connectivity index (χ3n) is 5.37. The van der Waals surface area contributed by atoms with Gasteiger partial charge >= 0.3 is 0 Å². The van der Waals surface area contributed by atoms with Crippen molar-refractivity contribution in [2.45, 2.75) is 18.9 Å². The summed E-state index contributed by atoms with van der Waals surface area (Å²) in [5.41, 5.74) is 7.95. The number of amides is 1. The van der Waals surface area contributed by atoms with Gasteiger partial charge in [0.15, 0.2) is 0 Å². The van der Waals surface area contributed by atoms with Crippen LogP contribution < -0.4 is 10.5 Å². The summed E-state index contributed by atoms with van der Waals surface area (Å²) in [6.45, 7) is 12.4. The molecule has 2 heterocycles. The molecule has 2 N–H and O–H groups in total. The number of hydrogen-bond acceptors (Lipinski definition) is 4. The highest BCUT2D eigenvalue weighted by molar-refractivity contribution is 5.87. The van der Waals surface area contributed by atoms with Gasteiger partial charge in [-0.2, -0.15) is 5.10 Å². The molecule has 0 unspecified atom stereocenters. The largest absolute Gasteiger partial charge is 0.457 e. The van der Waals surface area contributed by atoms with Crippen LogP contribution in [0.4, 0.5) is 11.5 Å². The fraction of sp³-hybridized carbons (Fsp3) is 0.208. The molecule has 7 nitrogen and oxygen atoms in total. The number of piperidine rings is 1. The Morgan fingerprint density at radius 2 is 1.90 bits per heavy atom. The summed E-state index contributed by atoms with van der Waals surface area (Å²) in [5.74, 6) is 1.67. The molecule has 1 aliphatic rings. The average Bonchev–Trinajstić information content (AvgIpc) is 3.16. The van der Waals surface area contributed by atoms with Gasteiger partial charge in [-0.05, 0) is 48.7 Å². The van der Waals surface area contributed by atoms with Crippen LogP contribution in [0.3, 0.4) is 0 Å². The number of aromatic nitrogens is 2. The summed E-state index contributed by atoms with van der Waals surface area (Å²) in [7, 11) is 0. The van der Waals surface area contributed by atoms with E-state index in [4.69, 9.17) is 17.0 Å². The molecule has 1 atom stereocenters. The molecule has 1 saturated heterocycles. The molecule has 0 saturated carbocycles. The normalized spacial score (nSPS) is 15.8. The van der Waals surface area contributed by atoms with E-state index in [0.29, 0.717) is 36.0 Å². The number of carbonyl (C=O) groups is 1.